The van der Waals surface area contributed by atoms with Crippen LogP contribution in [0.3, 0.4) is 0 Å². The average Bonchev–Trinajstić information content (AvgIpc) is 2.71. The lowest BCUT2D eigenvalue weighted by molar-refractivity contribution is -0.139. The molecule has 0 N–H and O–H groups in total. The molecular formula is C23H28N4O2. The summed E-state index contributed by atoms with van der Waals surface area (Å²) in [4.78, 5) is 38.2. The summed E-state index contributed by atoms with van der Waals surface area (Å²) in [6.07, 6.45) is 2.67. The molecule has 0 bridgehead atoms. The van der Waals surface area contributed by atoms with E-state index in [2.05, 4.69) is 9.97 Å². The van der Waals surface area contributed by atoms with E-state index in [9.17, 15) is 9.59 Å². The zero-order valence-corrected chi connectivity index (χ0v) is 17.4. The first-order valence-corrected chi connectivity index (χ1v) is 10.3. The molecule has 1 aromatic heterocycles. The van der Waals surface area contributed by atoms with Crippen molar-refractivity contribution in [1.29, 1.82) is 0 Å². The zero-order chi connectivity index (χ0) is 20.6. The Morgan fingerprint density at radius 3 is 2.45 bits per heavy atom. The molecule has 2 aliphatic heterocycles. The maximum Gasteiger partial charge on any atom is 0.272 e. The predicted octanol–water partition coefficient (Wildman–Crippen LogP) is 2.96. The van der Waals surface area contributed by atoms with Crippen molar-refractivity contribution < 1.29 is 9.59 Å². The second kappa shape index (κ2) is 7.58. The monoisotopic (exact) mass is 392 g/mol. The van der Waals surface area contributed by atoms with E-state index in [0.29, 0.717) is 24.6 Å². The molecular weight excluding hydrogens is 364 g/mol. The van der Waals surface area contributed by atoms with Crippen LogP contribution < -0.4 is 0 Å². The highest BCUT2D eigenvalue weighted by molar-refractivity contribution is 5.92. The third-order valence-corrected chi connectivity index (χ3v) is 6.38. The van der Waals surface area contributed by atoms with E-state index in [4.69, 9.17) is 0 Å². The van der Waals surface area contributed by atoms with Gasteiger partial charge in [0.1, 0.15) is 11.5 Å². The second-order valence-electron chi connectivity index (χ2n) is 8.60. The topological polar surface area (TPSA) is 66.4 Å². The van der Waals surface area contributed by atoms with E-state index in [0.717, 1.165) is 37.1 Å². The van der Waals surface area contributed by atoms with Gasteiger partial charge in [-0.3, -0.25) is 9.59 Å². The highest BCUT2D eigenvalue weighted by atomic mass is 16.2. The molecule has 0 saturated carbocycles. The lowest BCUT2D eigenvalue weighted by atomic mass is 9.67. The van der Waals surface area contributed by atoms with Gasteiger partial charge in [0, 0.05) is 32.4 Å². The molecule has 2 fully saturated rings. The van der Waals surface area contributed by atoms with Crippen molar-refractivity contribution in [3.8, 4) is 0 Å². The van der Waals surface area contributed by atoms with Crippen LogP contribution in [0.2, 0.25) is 0 Å². The number of likely N-dealkylation sites (N-methyl/N-ethyl adjacent to an activating group) is 1. The first-order chi connectivity index (χ1) is 13.9. The standard InChI is InChI=1S/C23H28N4O2/c1-16-13-20(25-17(2)24-16)22(29)27-11-9-23(10-12-27)14-19(21(28)26(3)15-23)18-7-5-4-6-8-18/h4-8,13,19H,9-12,14-15H2,1-3H3/t19-/m0/s1. The number of nitrogens with zero attached hydrogens (tertiary/aromatic N) is 4. The lowest BCUT2D eigenvalue weighted by Gasteiger charge is -2.49. The third kappa shape index (κ3) is 3.88. The molecule has 29 heavy (non-hydrogen) atoms. The molecule has 2 saturated heterocycles. The maximum atomic E-state index is 12.9. The number of amides is 2. The van der Waals surface area contributed by atoms with Crippen molar-refractivity contribution in [2.75, 3.05) is 26.7 Å². The van der Waals surface area contributed by atoms with Crippen LogP contribution in [0.25, 0.3) is 0 Å². The van der Waals surface area contributed by atoms with Crippen LogP contribution in [0, 0.1) is 19.3 Å². The van der Waals surface area contributed by atoms with Crippen molar-refractivity contribution in [2.45, 2.75) is 39.0 Å². The van der Waals surface area contributed by atoms with Gasteiger partial charge in [-0.2, -0.15) is 0 Å². The molecule has 2 aromatic rings. The van der Waals surface area contributed by atoms with Crippen LogP contribution in [0.4, 0.5) is 0 Å². The third-order valence-electron chi connectivity index (χ3n) is 6.38. The van der Waals surface area contributed by atoms with Gasteiger partial charge < -0.3 is 9.80 Å². The molecule has 2 amide bonds. The number of likely N-dealkylation sites (tertiary alicyclic amines) is 2. The highest BCUT2D eigenvalue weighted by Gasteiger charge is 2.45. The lowest BCUT2D eigenvalue weighted by Crippen LogP contribution is -2.53. The van der Waals surface area contributed by atoms with Gasteiger partial charge in [0.15, 0.2) is 0 Å². The number of carbonyl (C=O) groups is 2. The van der Waals surface area contributed by atoms with Crippen LogP contribution in [0.5, 0.6) is 0 Å². The van der Waals surface area contributed by atoms with Gasteiger partial charge in [-0.25, -0.2) is 9.97 Å². The normalized spacial score (nSPS) is 21.5. The minimum Gasteiger partial charge on any atom is -0.345 e. The Morgan fingerprint density at radius 2 is 1.79 bits per heavy atom. The summed E-state index contributed by atoms with van der Waals surface area (Å²) in [5, 5.41) is 0. The van der Waals surface area contributed by atoms with Gasteiger partial charge in [0.25, 0.3) is 5.91 Å². The van der Waals surface area contributed by atoms with E-state index >= 15 is 0 Å². The van der Waals surface area contributed by atoms with Crippen molar-refractivity contribution >= 4 is 11.8 Å². The summed E-state index contributed by atoms with van der Waals surface area (Å²) in [6.45, 7) is 5.86. The van der Waals surface area contributed by atoms with E-state index in [1.165, 1.54) is 0 Å². The van der Waals surface area contributed by atoms with Crippen molar-refractivity contribution in [3.05, 3.63) is 59.2 Å². The van der Waals surface area contributed by atoms with Crippen molar-refractivity contribution in [1.82, 2.24) is 19.8 Å². The van der Waals surface area contributed by atoms with Gasteiger partial charge in [0.2, 0.25) is 5.91 Å². The molecule has 4 rings (SSSR count). The molecule has 6 nitrogen and oxygen atoms in total. The summed E-state index contributed by atoms with van der Waals surface area (Å²) in [5.41, 5.74) is 2.45. The molecule has 3 heterocycles. The summed E-state index contributed by atoms with van der Waals surface area (Å²) < 4.78 is 0. The van der Waals surface area contributed by atoms with Crippen molar-refractivity contribution in [2.24, 2.45) is 5.41 Å². The molecule has 2 aliphatic rings. The number of hydrogen-bond acceptors (Lipinski definition) is 4. The Hall–Kier alpha value is -2.76. The first kappa shape index (κ1) is 19.6. The van der Waals surface area contributed by atoms with Crippen LogP contribution in [0.1, 0.15) is 52.8 Å². The largest absolute Gasteiger partial charge is 0.345 e. The summed E-state index contributed by atoms with van der Waals surface area (Å²) >= 11 is 0. The Labute approximate surface area is 172 Å². The minimum absolute atomic E-state index is 0.0201. The fraction of sp³-hybridized carbons (Fsp3) is 0.478. The summed E-state index contributed by atoms with van der Waals surface area (Å²) in [7, 11) is 1.91. The molecule has 152 valence electrons. The second-order valence-corrected chi connectivity index (χ2v) is 8.60. The molecule has 0 aliphatic carbocycles. The van der Waals surface area contributed by atoms with Crippen LogP contribution >= 0.6 is 0 Å². The van der Waals surface area contributed by atoms with E-state index < -0.39 is 0 Å². The molecule has 6 heteroatoms. The molecule has 0 radical (unpaired) electrons. The fourth-order valence-electron chi connectivity index (χ4n) is 4.91. The molecule has 1 spiro atoms. The first-order valence-electron chi connectivity index (χ1n) is 10.3. The number of hydrogen-bond donors (Lipinski definition) is 0. The van der Waals surface area contributed by atoms with E-state index in [1.807, 2.05) is 61.0 Å². The fourth-order valence-corrected chi connectivity index (χ4v) is 4.91. The number of carbonyl (C=O) groups excluding carboxylic acids is 2. The van der Waals surface area contributed by atoms with Crippen LogP contribution in [-0.2, 0) is 4.79 Å². The Kier molecular flexibility index (Phi) is 5.11. The van der Waals surface area contributed by atoms with Crippen LogP contribution in [0.15, 0.2) is 36.4 Å². The zero-order valence-electron chi connectivity index (χ0n) is 17.4. The molecule has 0 unspecified atom stereocenters. The number of aryl methyl sites for hydroxylation is 2. The quantitative estimate of drug-likeness (QED) is 0.788. The smallest absolute Gasteiger partial charge is 0.272 e. The van der Waals surface area contributed by atoms with Gasteiger partial charge >= 0.3 is 0 Å². The summed E-state index contributed by atoms with van der Waals surface area (Å²) in [5.74, 6) is 0.713. The number of aromatic nitrogens is 2. The van der Waals surface area contributed by atoms with E-state index in [-0.39, 0.29) is 23.1 Å². The van der Waals surface area contributed by atoms with Crippen LogP contribution in [-0.4, -0.2) is 58.3 Å². The Morgan fingerprint density at radius 1 is 1.10 bits per heavy atom. The van der Waals surface area contributed by atoms with Gasteiger partial charge in [0.05, 0.1) is 5.92 Å². The van der Waals surface area contributed by atoms with Gasteiger partial charge in [-0.15, -0.1) is 0 Å². The predicted molar refractivity (Wildman–Crippen MR) is 111 cm³/mol. The summed E-state index contributed by atoms with van der Waals surface area (Å²) in [6, 6.07) is 11.8. The van der Waals surface area contributed by atoms with Gasteiger partial charge in [-0.05, 0) is 50.2 Å². The maximum absolute atomic E-state index is 12.9. The average molecular weight is 393 g/mol. The minimum atomic E-state index is -0.0932. The molecule has 1 aromatic carbocycles. The SMILES string of the molecule is Cc1cc(C(=O)N2CCC3(CC2)C[C@@H](c2ccccc2)C(=O)N(C)C3)nc(C)n1. The van der Waals surface area contributed by atoms with Crippen molar-refractivity contribution in [3.63, 3.8) is 0 Å². The molecule has 1 atom stereocenters. The number of piperidine rings is 2. The van der Waals surface area contributed by atoms with E-state index in [1.54, 1.807) is 6.07 Å². The Bertz CT molecular complexity index is 899. The van der Waals surface area contributed by atoms with Gasteiger partial charge in [-0.1, -0.05) is 30.3 Å². The number of rotatable bonds is 2. The Balaban J connectivity index is 1.49. The highest BCUT2D eigenvalue weighted by Crippen LogP contribution is 2.45. The number of benzene rings is 1.